The maximum atomic E-state index is 13.6. The van der Waals surface area contributed by atoms with Crippen LogP contribution in [-0.2, 0) is 0 Å². The number of nitriles is 2. The van der Waals surface area contributed by atoms with E-state index in [1.807, 2.05) is 0 Å². The summed E-state index contributed by atoms with van der Waals surface area (Å²) in [4.78, 5) is 0. The van der Waals surface area contributed by atoms with Gasteiger partial charge >= 0.3 is 0 Å². The molecule has 0 aliphatic rings. The zero-order valence-electron chi connectivity index (χ0n) is 9.72. The minimum atomic E-state index is -1.65. The van der Waals surface area contributed by atoms with Crippen molar-refractivity contribution in [2.24, 2.45) is 5.92 Å². The van der Waals surface area contributed by atoms with Gasteiger partial charge in [-0.3, -0.25) is 0 Å². The fraction of sp³-hybridized carbons (Fsp3) is 0.333. The molecule has 0 atom stereocenters. The van der Waals surface area contributed by atoms with Crippen molar-refractivity contribution in [3.63, 3.8) is 0 Å². The first-order chi connectivity index (χ1) is 8.43. The van der Waals surface area contributed by atoms with Gasteiger partial charge in [-0.15, -0.1) is 0 Å². The van der Waals surface area contributed by atoms with Gasteiger partial charge in [0.25, 0.3) is 0 Å². The minimum Gasteiger partial charge on any atom is -0.489 e. The molecule has 1 rings (SSSR count). The molecule has 0 unspecified atom stereocenters. The molecule has 0 radical (unpaired) electrons. The molecule has 1 aromatic carbocycles. The third-order valence-corrected chi connectivity index (χ3v) is 2.06. The smallest absolute Gasteiger partial charge is 0.203 e. The van der Waals surface area contributed by atoms with Gasteiger partial charge in [0.05, 0.1) is 6.61 Å². The van der Waals surface area contributed by atoms with Gasteiger partial charge in [-0.05, 0) is 5.92 Å². The molecule has 6 heteroatoms. The Bertz CT molecular complexity index is 556. The van der Waals surface area contributed by atoms with E-state index < -0.39 is 34.3 Å². The maximum Gasteiger partial charge on any atom is 0.203 e. The Morgan fingerprint density at radius 1 is 1.00 bits per heavy atom. The van der Waals surface area contributed by atoms with E-state index in [-0.39, 0.29) is 12.5 Å². The summed E-state index contributed by atoms with van der Waals surface area (Å²) in [5, 5.41) is 17.2. The van der Waals surface area contributed by atoms with Gasteiger partial charge in [0.15, 0.2) is 17.4 Å². The summed E-state index contributed by atoms with van der Waals surface area (Å²) < 4.78 is 45.4. The predicted octanol–water partition coefficient (Wildman–Crippen LogP) is 2.88. The van der Waals surface area contributed by atoms with Crippen LogP contribution in [0.4, 0.5) is 13.2 Å². The zero-order valence-corrected chi connectivity index (χ0v) is 9.72. The summed E-state index contributed by atoms with van der Waals surface area (Å²) in [5.41, 5.74) is -1.92. The molecule has 18 heavy (non-hydrogen) atoms. The minimum absolute atomic E-state index is 0.00359. The molecular formula is C12H9F3N2O. The second-order valence-corrected chi connectivity index (χ2v) is 3.95. The summed E-state index contributed by atoms with van der Waals surface area (Å²) in [5.74, 6) is -5.38. The number of benzene rings is 1. The van der Waals surface area contributed by atoms with Crippen LogP contribution in [-0.4, -0.2) is 6.61 Å². The molecule has 0 spiro atoms. The monoisotopic (exact) mass is 254 g/mol. The van der Waals surface area contributed by atoms with Gasteiger partial charge < -0.3 is 4.74 Å². The SMILES string of the molecule is CC(C)COc1c(F)c(F)c(C#N)c(F)c1C#N. The van der Waals surface area contributed by atoms with Crippen molar-refractivity contribution in [1.29, 1.82) is 10.5 Å². The molecule has 0 saturated heterocycles. The summed E-state index contributed by atoms with van der Waals surface area (Å²) in [7, 11) is 0. The van der Waals surface area contributed by atoms with E-state index >= 15 is 0 Å². The second-order valence-electron chi connectivity index (χ2n) is 3.95. The van der Waals surface area contributed by atoms with Crippen LogP contribution in [0.25, 0.3) is 0 Å². The molecule has 0 aliphatic heterocycles. The standard InChI is InChI=1S/C12H9F3N2O/c1-6(2)5-18-12-8(4-17)9(13)7(3-16)10(14)11(12)15/h6H,5H2,1-2H3. The molecule has 0 amide bonds. The molecule has 0 heterocycles. The van der Waals surface area contributed by atoms with E-state index in [9.17, 15) is 13.2 Å². The third-order valence-electron chi connectivity index (χ3n) is 2.06. The Labute approximate surface area is 102 Å². The summed E-state index contributed by atoms with van der Waals surface area (Å²) in [6.07, 6.45) is 0. The van der Waals surface area contributed by atoms with E-state index in [1.54, 1.807) is 13.8 Å². The van der Waals surface area contributed by atoms with Crippen molar-refractivity contribution in [3.8, 4) is 17.9 Å². The number of nitrogens with zero attached hydrogens (tertiary/aromatic N) is 2. The Hall–Kier alpha value is -2.21. The van der Waals surface area contributed by atoms with E-state index in [0.717, 1.165) is 0 Å². The molecule has 3 nitrogen and oxygen atoms in total. The fourth-order valence-electron chi connectivity index (χ4n) is 1.22. The van der Waals surface area contributed by atoms with Crippen molar-refractivity contribution in [3.05, 3.63) is 28.6 Å². The average molecular weight is 254 g/mol. The molecule has 0 aliphatic carbocycles. The summed E-state index contributed by atoms with van der Waals surface area (Å²) in [6, 6.07) is 2.55. The summed E-state index contributed by atoms with van der Waals surface area (Å²) >= 11 is 0. The molecule has 0 aromatic heterocycles. The zero-order chi connectivity index (χ0) is 13.9. The third kappa shape index (κ3) is 2.38. The molecule has 0 fully saturated rings. The molecule has 94 valence electrons. The van der Waals surface area contributed by atoms with Crippen LogP contribution in [0.5, 0.6) is 5.75 Å². The van der Waals surface area contributed by atoms with E-state index in [1.165, 1.54) is 12.1 Å². The van der Waals surface area contributed by atoms with Crippen molar-refractivity contribution in [2.75, 3.05) is 6.61 Å². The topological polar surface area (TPSA) is 56.8 Å². The van der Waals surface area contributed by atoms with Crippen molar-refractivity contribution < 1.29 is 17.9 Å². The predicted molar refractivity (Wildman–Crippen MR) is 56.1 cm³/mol. The van der Waals surface area contributed by atoms with Crippen LogP contribution in [0.2, 0.25) is 0 Å². The van der Waals surface area contributed by atoms with Gasteiger partial charge in [0.1, 0.15) is 23.3 Å². The highest BCUT2D eigenvalue weighted by Crippen LogP contribution is 2.30. The van der Waals surface area contributed by atoms with Gasteiger partial charge in [-0.25, -0.2) is 8.78 Å². The van der Waals surface area contributed by atoms with Crippen LogP contribution in [0.1, 0.15) is 25.0 Å². The molecule has 1 aromatic rings. The number of halogens is 3. The van der Waals surface area contributed by atoms with Crippen molar-refractivity contribution in [2.45, 2.75) is 13.8 Å². The van der Waals surface area contributed by atoms with Crippen LogP contribution < -0.4 is 4.74 Å². The van der Waals surface area contributed by atoms with E-state index in [2.05, 4.69) is 0 Å². The Morgan fingerprint density at radius 3 is 2.00 bits per heavy atom. The number of hydrogen-bond acceptors (Lipinski definition) is 3. The number of rotatable bonds is 3. The van der Waals surface area contributed by atoms with Gasteiger partial charge in [-0.2, -0.15) is 14.9 Å². The van der Waals surface area contributed by atoms with Gasteiger partial charge in [0.2, 0.25) is 5.82 Å². The normalized spacial score (nSPS) is 10.0. The first-order valence-electron chi connectivity index (χ1n) is 5.07. The molecular weight excluding hydrogens is 245 g/mol. The lowest BCUT2D eigenvalue weighted by Crippen LogP contribution is -2.10. The summed E-state index contributed by atoms with van der Waals surface area (Å²) in [6.45, 7) is 3.50. The highest BCUT2D eigenvalue weighted by molar-refractivity contribution is 5.51. The quantitative estimate of drug-likeness (QED) is 0.779. The number of ether oxygens (including phenoxy) is 1. The largest absolute Gasteiger partial charge is 0.489 e. The van der Waals surface area contributed by atoms with Crippen molar-refractivity contribution >= 4 is 0 Å². The lowest BCUT2D eigenvalue weighted by molar-refractivity contribution is 0.252. The van der Waals surface area contributed by atoms with Crippen LogP contribution in [0.15, 0.2) is 0 Å². The fourth-order valence-corrected chi connectivity index (χ4v) is 1.22. The first-order valence-corrected chi connectivity index (χ1v) is 5.07. The lowest BCUT2D eigenvalue weighted by atomic mass is 10.1. The Balaban J connectivity index is 3.44. The Kier molecular flexibility index (Phi) is 4.17. The van der Waals surface area contributed by atoms with Crippen molar-refractivity contribution in [1.82, 2.24) is 0 Å². The highest BCUT2D eigenvalue weighted by atomic mass is 19.2. The second kappa shape index (κ2) is 5.42. The van der Waals surface area contributed by atoms with Gasteiger partial charge in [0, 0.05) is 0 Å². The molecule has 0 bridgehead atoms. The van der Waals surface area contributed by atoms with E-state index in [0.29, 0.717) is 0 Å². The Morgan fingerprint density at radius 2 is 1.56 bits per heavy atom. The molecule has 0 saturated carbocycles. The average Bonchev–Trinajstić information content (AvgIpc) is 2.32. The number of hydrogen-bond donors (Lipinski definition) is 0. The maximum absolute atomic E-state index is 13.6. The lowest BCUT2D eigenvalue weighted by Gasteiger charge is -2.12. The van der Waals surface area contributed by atoms with Crippen LogP contribution in [0.3, 0.4) is 0 Å². The first kappa shape index (κ1) is 13.9. The van der Waals surface area contributed by atoms with Crippen LogP contribution >= 0.6 is 0 Å². The van der Waals surface area contributed by atoms with E-state index in [4.69, 9.17) is 15.3 Å². The van der Waals surface area contributed by atoms with Crippen LogP contribution in [0, 0.1) is 46.0 Å². The van der Waals surface area contributed by atoms with Gasteiger partial charge in [-0.1, -0.05) is 13.8 Å². The highest BCUT2D eigenvalue weighted by Gasteiger charge is 2.26. The molecule has 0 N–H and O–H groups in total.